The maximum Gasteiger partial charge on any atom is 0.417 e. The molecule has 0 aliphatic carbocycles. The van der Waals surface area contributed by atoms with E-state index in [1.54, 1.807) is 0 Å². The Kier molecular flexibility index (Phi) is 5.11. The SMILES string of the molecule is CC1(C)Oc2ccc(C#N)cc2[C@@H](NS(=O)(=O)c2ccccc2C(F)(F)F)[C@@H]1O. The van der Waals surface area contributed by atoms with E-state index in [4.69, 9.17) is 10.00 Å². The fourth-order valence-corrected chi connectivity index (χ4v) is 4.61. The minimum Gasteiger partial charge on any atom is -0.485 e. The van der Waals surface area contributed by atoms with Crippen LogP contribution in [0.3, 0.4) is 0 Å². The number of nitrogens with one attached hydrogen (secondary N) is 1. The van der Waals surface area contributed by atoms with Gasteiger partial charge < -0.3 is 9.84 Å². The number of nitriles is 1. The largest absolute Gasteiger partial charge is 0.485 e. The fourth-order valence-electron chi connectivity index (χ4n) is 3.16. The summed E-state index contributed by atoms with van der Waals surface area (Å²) < 4.78 is 73.5. The lowest BCUT2D eigenvalue weighted by Gasteiger charge is -2.42. The molecule has 0 saturated carbocycles. The summed E-state index contributed by atoms with van der Waals surface area (Å²) in [5, 5.41) is 19.8. The fraction of sp³-hybridized carbons (Fsp3) is 0.316. The Hall–Kier alpha value is -2.61. The van der Waals surface area contributed by atoms with Crippen molar-refractivity contribution in [2.75, 3.05) is 0 Å². The van der Waals surface area contributed by atoms with E-state index < -0.39 is 44.4 Å². The molecule has 2 atom stereocenters. The van der Waals surface area contributed by atoms with E-state index >= 15 is 0 Å². The summed E-state index contributed by atoms with van der Waals surface area (Å²) in [5.41, 5.74) is -2.22. The Morgan fingerprint density at radius 2 is 1.86 bits per heavy atom. The van der Waals surface area contributed by atoms with E-state index in [1.165, 1.54) is 38.1 Å². The number of nitrogens with zero attached hydrogens (tertiary/aromatic N) is 1. The van der Waals surface area contributed by atoms with Crippen LogP contribution in [0.5, 0.6) is 5.75 Å². The van der Waals surface area contributed by atoms with E-state index in [0.29, 0.717) is 6.07 Å². The lowest BCUT2D eigenvalue weighted by Crippen LogP contribution is -2.53. The van der Waals surface area contributed by atoms with Gasteiger partial charge in [-0.25, -0.2) is 13.1 Å². The van der Waals surface area contributed by atoms with Gasteiger partial charge >= 0.3 is 6.18 Å². The van der Waals surface area contributed by atoms with Crippen molar-refractivity contribution in [3.05, 3.63) is 59.2 Å². The highest BCUT2D eigenvalue weighted by Gasteiger charge is 2.46. The maximum absolute atomic E-state index is 13.3. The van der Waals surface area contributed by atoms with Crippen LogP contribution in [0.15, 0.2) is 47.4 Å². The quantitative estimate of drug-likeness (QED) is 0.786. The molecule has 0 fully saturated rings. The molecule has 0 spiro atoms. The average Bonchev–Trinajstić information content (AvgIpc) is 2.64. The van der Waals surface area contributed by atoms with Crippen LogP contribution in [0, 0.1) is 11.3 Å². The maximum atomic E-state index is 13.3. The lowest BCUT2D eigenvalue weighted by molar-refractivity contribution is -0.139. The third kappa shape index (κ3) is 3.94. The molecule has 1 aliphatic heterocycles. The molecule has 0 bridgehead atoms. The van der Waals surface area contributed by atoms with Crippen LogP contribution < -0.4 is 9.46 Å². The third-order valence-corrected chi connectivity index (χ3v) is 6.14. The molecule has 1 heterocycles. The molecule has 2 aromatic rings. The minimum absolute atomic E-state index is 0.156. The van der Waals surface area contributed by atoms with Crippen molar-refractivity contribution in [3.8, 4) is 11.8 Å². The number of sulfonamides is 1. The molecule has 0 saturated heterocycles. The second-order valence-electron chi connectivity index (χ2n) is 7.11. The molecule has 0 radical (unpaired) electrons. The van der Waals surface area contributed by atoms with Gasteiger partial charge in [-0.2, -0.15) is 18.4 Å². The number of fused-ring (bicyclic) bond motifs is 1. The van der Waals surface area contributed by atoms with Crippen LogP contribution in [-0.2, 0) is 16.2 Å². The summed E-state index contributed by atoms with van der Waals surface area (Å²) in [6.07, 6.45) is -6.32. The van der Waals surface area contributed by atoms with Crippen LogP contribution in [0.2, 0.25) is 0 Å². The van der Waals surface area contributed by atoms with Gasteiger partial charge in [-0.1, -0.05) is 12.1 Å². The topological polar surface area (TPSA) is 99.4 Å². The molecule has 2 aromatic carbocycles. The second kappa shape index (κ2) is 7.02. The molecule has 29 heavy (non-hydrogen) atoms. The molecule has 154 valence electrons. The van der Waals surface area contributed by atoms with E-state index in [1.807, 2.05) is 6.07 Å². The number of benzene rings is 2. The van der Waals surface area contributed by atoms with Crippen LogP contribution in [0.4, 0.5) is 13.2 Å². The minimum atomic E-state index is -4.88. The predicted octanol–water partition coefficient (Wildman–Crippen LogP) is 3.13. The summed E-state index contributed by atoms with van der Waals surface area (Å²) in [4.78, 5) is -0.956. The van der Waals surface area contributed by atoms with Crippen molar-refractivity contribution < 1.29 is 31.4 Å². The second-order valence-corrected chi connectivity index (χ2v) is 8.79. The molecule has 6 nitrogen and oxygen atoms in total. The van der Waals surface area contributed by atoms with Crippen molar-refractivity contribution in [1.29, 1.82) is 5.26 Å². The van der Waals surface area contributed by atoms with Crippen molar-refractivity contribution >= 4 is 10.0 Å². The van der Waals surface area contributed by atoms with E-state index in [9.17, 15) is 26.7 Å². The van der Waals surface area contributed by atoms with Gasteiger partial charge in [0.2, 0.25) is 10.0 Å². The molecule has 2 N–H and O–H groups in total. The summed E-state index contributed by atoms with van der Waals surface area (Å²) in [6, 6.07) is 8.58. The molecule has 0 aromatic heterocycles. The van der Waals surface area contributed by atoms with Gasteiger partial charge in [0, 0.05) is 5.56 Å². The standard InChI is InChI=1S/C19H17F3N2O4S/c1-18(2)17(25)16(12-9-11(10-23)7-8-14(12)28-18)24-29(26,27)15-6-4-3-5-13(15)19(20,21)22/h3-9,16-17,24-25H,1-2H3/t16-,17+/m1/s1. The van der Waals surface area contributed by atoms with Crippen LogP contribution in [-0.4, -0.2) is 25.2 Å². The van der Waals surface area contributed by atoms with Gasteiger partial charge in [-0.05, 0) is 44.2 Å². The van der Waals surface area contributed by atoms with Gasteiger partial charge in [0.1, 0.15) is 17.5 Å². The first-order chi connectivity index (χ1) is 13.4. The highest BCUT2D eigenvalue weighted by Crippen LogP contribution is 2.41. The van der Waals surface area contributed by atoms with Gasteiger partial charge in [0.05, 0.1) is 28.1 Å². The van der Waals surface area contributed by atoms with Crippen molar-refractivity contribution in [2.45, 2.75) is 42.7 Å². The number of hydrogen-bond donors (Lipinski definition) is 2. The molecule has 1 aliphatic rings. The van der Waals surface area contributed by atoms with Gasteiger partial charge in [0.15, 0.2) is 0 Å². The number of alkyl halides is 3. The average molecular weight is 426 g/mol. The number of aliphatic hydroxyl groups is 1. The van der Waals surface area contributed by atoms with Crippen LogP contribution in [0.1, 0.15) is 36.6 Å². The monoisotopic (exact) mass is 426 g/mol. The molecular formula is C19H17F3N2O4S. The number of ether oxygens (including phenoxy) is 1. The van der Waals surface area contributed by atoms with Crippen molar-refractivity contribution in [1.82, 2.24) is 4.72 Å². The Morgan fingerprint density at radius 3 is 2.48 bits per heavy atom. The zero-order valence-corrected chi connectivity index (χ0v) is 16.2. The van der Waals surface area contributed by atoms with Gasteiger partial charge in [-0.3, -0.25) is 0 Å². The molecule has 0 amide bonds. The molecule has 3 rings (SSSR count). The van der Waals surface area contributed by atoms with E-state index in [2.05, 4.69) is 4.72 Å². The molecular weight excluding hydrogens is 409 g/mol. The normalized spacial score (nSPS) is 21.0. The number of hydrogen-bond acceptors (Lipinski definition) is 5. The first kappa shape index (κ1) is 21.1. The van der Waals surface area contributed by atoms with Crippen molar-refractivity contribution in [2.24, 2.45) is 0 Å². The third-order valence-electron chi connectivity index (χ3n) is 4.64. The van der Waals surface area contributed by atoms with Crippen molar-refractivity contribution in [3.63, 3.8) is 0 Å². The predicted molar refractivity (Wildman–Crippen MR) is 96.4 cm³/mol. The zero-order chi connectivity index (χ0) is 21.6. The number of aliphatic hydroxyl groups excluding tert-OH is 1. The Labute approximate surface area is 165 Å². The Morgan fingerprint density at radius 1 is 1.21 bits per heavy atom. The zero-order valence-electron chi connectivity index (χ0n) is 15.4. The Balaban J connectivity index is 2.11. The summed E-state index contributed by atoms with van der Waals surface area (Å²) >= 11 is 0. The smallest absolute Gasteiger partial charge is 0.417 e. The summed E-state index contributed by atoms with van der Waals surface area (Å²) in [5.74, 6) is 0.219. The van der Waals surface area contributed by atoms with Crippen LogP contribution in [0.25, 0.3) is 0 Å². The highest BCUT2D eigenvalue weighted by molar-refractivity contribution is 7.89. The molecule has 0 unspecified atom stereocenters. The van der Waals surface area contributed by atoms with Crippen LogP contribution >= 0.6 is 0 Å². The molecule has 10 heteroatoms. The summed E-state index contributed by atoms with van der Waals surface area (Å²) in [7, 11) is -4.69. The first-order valence-electron chi connectivity index (χ1n) is 8.46. The Bertz CT molecular complexity index is 1090. The lowest BCUT2D eigenvalue weighted by atomic mass is 9.86. The van der Waals surface area contributed by atoms with Gasteiger partial charge in [0.25, 0.3) is 0 Å². The van der Waals surface area contributed by atoms with E-state index in [-0.39, 0.29) is 16.9 Å². The summed E-state index contributed by atoms with van der Waals surface area (Å²) in [6.45, 7) is 3.04. The van der Waals surface area contributed by atoms with E-state index in [0.717, 1.165) is 12.1 Å². The highest BCUT2D eigenvalue weighted by atomic mass is 32.2. The van der Waals surface area contributed by atoms with Gasteiger partial charge in [-0.15, -0.1) is 0 Å². The first-order valence-corrected chi connectivity index (χ1v) is 9.95. The number of rotatable bonds is 3. The number of halogens is 3.